The summed E-state index contributed by atoms with van der Waals surface area (Å²) < 4.78 is 1.63. The minimum absolute atomic E-state index is 0.0355. The third kappa shape index (κ3) is 2.92. The Morgan fingerprint density at radius 2 is 2.10 bits per heavy atom. The van der Waals surface area contributed by atoms with Gasteiger partial charge in [0.15, 0.2) is 0 Å². The number of rotatable bonds is 4. The van der Waals surface area contributed by atoms with E-state index < -0.39 is 0 Å². The van der Waals surface area contributed by atoms with E-state index in [0.29, 0.717) is 0 Å². The highest BCUT2D eigenvalue weighted by atomic mass is 79.9. The maximum absolute atomic E-state index is 12.2. The minimum Gasteiger partial charge on any atom is -0.370 e. The summed E-state index contributed by atoms with van der Waals surface area (Å²) in [6, 6.07) is 1.76. The van der Waals surface area contributed by atoms with Gasteiger partial charge in [0.1, 0.15) is 0 Å². The van der Waals surface area contributed by atoms with Crippen molar-refractivity contribution in [2.24, 2.45) is 11.3 Å². The van der Waals surface area contributed by atoms with Crippen LogP contribution in [0.25, 0.3) is 0 Å². The van der Waals surface area contributed by atoms with Crippen LogP contribution in [0, 0.1) is 11.3 Å². The van der Waals surface area contributed by atoms with Gasteiger partial charge in [0.25, 0.3) is 5.56 Å². The molecule has 0 amide bonds. The first-order valence-corrected chi connectivity index (χ1v) is 8.62. The van der Waals surface area contributed by atoms with Crippen LogP contribution >= 0.6 is 15.9 Å². The SMILES string of the molecule is CC1CCN(c2cnn(CC3(CBr)CC3)c(=O)c2)CC1. The van der Waals surface area contributed by atoms with Crippen LogP contribution in [0.2, 0.25) is 0 Å². The Morgan fingerprint density at radius 3 is 2.65 bits per heavy atom. The van der Waals surface area contributed by atoms with Crippen molar-refractivity contribution in [2.45, 2.75) is 39.2 Å². The van der Waals surface area contributed by atoms with Gasteiger partial charge in [-0.2, -0.15) is 5.10 Å². The van der Waals surface area contributed by atoms with Gasteiger partial charge >= 0.3 is 0 Å². The van der Waals surface area contributed by atoms with Crippen LogP contribution in [-0.4, -0.2) is 28.2 Å². The van der Waals surface area contributed by atoms with E-state index in [1.165, 1.54) is 25.7 Å². The first-order valence-electron chi connectivity index (χ1n) is 7.50. The molecule has 2 heterocycles. The van der Waals surface area contributed by atoms with E-state index in [1.807, 2.05) is 6.20 Å². The topological polar surface area (TPSA) is 38.1 Å². The highest BCUT2D eigenvalue weighted by molar-refractivity contribution is 9.09. The maximum atomic E-state index is 12.2. The van der Waals surface area contributed by atoms with Crippen molar-refractivity contribution < 1.29 is 0 Å². The van der Waals surface area contributed by atoms with Gasteiger partial charge in [0.05, 0.1) is 18.4 Å². The molecular weight excluding hydrogens is 318 g/mol. The summed E-state index contributed by atoms with van der Waals surface area (Å²) in [4.78, 5) is 14.5. The van der Waals surface area contributed by atoms with Crippen molar-refractivity contribution in [1.82, 2.24) is 9.78 Å². The zero-order valence-electron chi connectivity index (χ0n) is 12.0. The predicted molar refractivity (Wildman–Crippen MR) is 84.6 cm³/mol. The minimum atomic E-state index is 0.0355. The summed E-state index contributed by atoms with van der Waals surface area (Å²) in [7, 11) is 0. The molecule has 0 aromatic carbocycles. The fourth-order valence-electron chi connectivity index (χ4n) is 2.81. The zero-order valence-corrected chi connectivity index (χ0v) is 13.6. The molecule has 110 valence electrons. The normalized spacial score (nSPS) is 22.0. The van der Waals surface area contributed by atoms with Crippen LogP contribution in [-0.2, 0) is 6.54 Å². The third-order valence-electron chi connectivity index (χ3n) is 4.73. The number of halogens is 1. The molecule has 0 radical (unpaired) electrons. The second-order valence-corrected chi connectivity index (χ2v) is 7.07. The number of piperidine rings is 1. The maximum Gasteiger partial charge on any atom is 0.268 e. The van der Waals surface area contributed by atoms with Gasteiger partial charge in [-0.25, -0.2) is 4.68 Å². The second-order valence-electron chi connectivity index (χ2n) is 6.51. The van der Waals surface area contributed by atoms with E-state index in [-0.39, 0.29) is 11.0 Å². The molecule has 4 nitrogen and oxygen atoms in total. The van der Waals surface area contributed by atoms with E-state index in [0.717, 1.165) is 36.6 Å². The molecule has 2 fully saturated rings. The number of hydrogen-bond acceptors (Lipinski definition) is 3. The first kappa shape index (κ1) is 14.1. The Kier molecular flexibility index (Phi) is 3.89. The van der Waals surface area contributed by atoms with Crippen LogP contribution in [0.3, 0.4) is 0 Å². The Hall–Kier alpha value is -0.840. The lowest BCUT2D eigenvalue weighted by Gasteiger charge is -2.31. The molecule has 0 spiro atoms. The number of alkyl halides is 1. The fraction of sp³-hybridized carbons (Fsp3) is 0.733. The summed E-state index contributed by atoms with van der Waals surface area (Å²) in [5.41, 5.74) is 1.30. The molecule has 1 saturated carbocycles. The van der Waals surface area contributed by atoms with Crippen molar-refractivity contribution in [3.05, 3.63) is 22.6 Å². The Morgan fingerprint density at radius 1 is 1.40 bits per heavy atom. The summed E-state index contributed by atoms with van der Waals surface area (Å²) in [5, 5.41) is 5.35. The molecule has 1 aromatic heterocycles. The Bertz CT molecular complexity index is 530. The molecule has 0 atom stereocenters. The van der Waals surface area contributed by atoms with E-state index in [4.69, 9.17) is 0 Å². The molecule has 0 unspecified atom stereocenters. The van der Waals surface area contributed by atoms with Crippen molar-refractivity contribution in [3.63, 3.8) is 0 Å². The molecule has 1 aromatic rings. The quantitative estimate of drug-likeness (QED) is 0.791. The molecule has 0 N–H and O–H groups in total. The summed E-state index contributed by atoms with van der Waals surface area (Å²) in [6.07, 6.45) is 6.66. The van der Waals surface area contributed by atoms with Gasteiger partial charge in [-0.15, -0.1) is 0 Å². The fourth-order valence-corrected chi connectivity index (χ4v) is 3.55. The van der Waals surface area contributed by atoms with Crippen LogP contribution < -0.4 is 10.5 Å². The summed E-state index contributed by atoms with van der Waals surface area (Å²) in [5.74, 6) is 0.799. The third-order valence-corrected chi connectivity index (χ3v) is 5.92. The molecule has 1 aliphatic carbocycles. The van der Waals surface area contributed by atoms with Crippen LogP contribution in [0.5, 0.6) is 0 Å². The first-order chi connectivity index (χ1) is 9.62. The lowest BCUT2D eigenvalue weighted by Crippen LogP contribution is -2.35. The monoisotopic (exact) mass is 339 g/mol. The van der Waals surface area contributed by atoms with Crippen molar-refractivity contribution in [3.8, 4) is 0 Å². The Balaban J connectivity index is 1.72. The van der Waals surface area contributed by atoms with Crippen molar-refractivity contribution >= 4 is 21.6 Å². The number of aromatic nitrogens is 2. The van der Waals surface area contributed by atoms with Gasteiger partial charge in [0, 0.05) is 24.5 Å². The van der Waals surface area contributed by atoms with E-state index >= 15 is 0 Å². The standard InChI is InChI=1S/C15H22BrN3O/c1-12-2-6-18(7-3-12)13-8-14(20)19(17-9-13)11-15(10-16)4-5-15/h8-9,12H,2-7,10-11H2,1H3. The Labute approximate surface area is 128 Å². The predicted octanol–water partition coefficient (Wildman–Crippen LogP) is 2.65. The molecular formula is C15H22BrN3O. The number of anilines is 1. The molecule has 2 aliphatic rings. The number of nitrogens with zero attached hydrogens (tertiary/aromatic N) is 3. The molecule has 5 heteroatoms. The molecule has 1 saturated heterocycles. The highest BCUT2D eigenvalue weighted by Crippen LogP contribution is 2.48. The second kappa shape index (κ2) is 5.51. The summed E-state index contributed by atoms with van der Waals surface area (Å²) >= 11 is 3.55. The van der Waals surface area contributed by atoms with Crippen molar-refractivity contribution in [2.75, 3.05) is 23.3 Å². The average molecular weight is 340 g/mol. The molecule has 20 heavy (non-hydrogen) atoms. The lowest BCUT2D eigenvalue weighted by molar-refractivity contribution is 0.421. The van der Waals surface area contributed by atoms with Crippen molar-refractivity contribution in [1.29, 1.82) is 0 Å². The van der Waals surface area contributed by atoms with E-state index in [2.05, 4.69) is 32.9 Å². The average Bonchev–Trinajstić information content (AvgIpc) is 3.22. The smallest absolute Gasteiger partial charge is 0.268 e. The van der Waals surface area contributed by atoms with Gasteiger partial charge in [0.2, 0.25) is 0 Å². The van der Waals surface area contributed by atoms with Gasteiger partial charge in [-0.1, -0.05) is 22.9 Å². The lowest BCUT2D eigenvalue weighted by atomic mass is 9.99. The van der Waals surface area contributed by atoms with E-state index in [1.54, 1.807) is 10.7 Å². The van der Waals surface area contributed by atoms with Crippen LogP contribution in [0.15, 0.2) is 17.1 Å². The largest absolute Gasteiger partial charge is 0.370 e. The van der Waals surface area contributed by atoms with E-state index in [9.17, 15) is 4.79 Å². The molecule has 0 bridgehead atoms. The van der Waals surface area contributed by atoms with Gasteiger partial charge in [-0.05, 0) is 37.0 Å². The van der Waals surface area contributed by atoms with Gasteiger partial charge < -0.3 is 4.90 Å². The number of hydrogen-bond donors (Lipinski definition) is 0. The summed E-state index contributed by atoms with van der Waals surface area (Å²) in [6.45, 7) is 5.12. The van der Waals surface area contributed by atoms with Gasteiger partial charge in [-0.3, -0.25) is 4.79 Å². The zero-order chi connectivity index (χ0) is 14.2. The van der Waals surface area contributed by atoms with Crippen LogP contribution in [0.1, 0.15) is 32.6 Å². The highest BCUT2D eigenvalue weighted by Gasteiger charge is 2.42. The van der Waals surface area contributed by atoms with Crippen LogP contribution in [0.4, 0.5) is 5.69 Å². The molecule has 1 aliphatic heterocycles. The molecule has 3 rings (SSSR count).